The van der Waals surface area contributed by atoms with Crippen molar-refractivity contribution in [1.29, 1.82) is 0 Å². The SMILES string of the molecule is COc1cc2c(cc1OC)[C@H]1CN(C(=S)Nc3ccccc3)CC(=O)N1CC2. The number of hydrogen-bond donors (Lipinski definition) is 1. The Bertz CT molecular complexity index is 903. The van der Waals surface area contributed by atoms with Crippen LogP contribution in [0, 0.1) is 0 Å². The number of hydrogen-bond acceptors (Lipinski definition) is 4. The van der Waals surface area contributed by atoms with Gasteiger partial charge in [0.2, 0.25) is 5.91 Å². The zero-order valence-corrected chi connectivity index (χ0v) is 16.8. The second-order valence-electron chi connectivity index (χ2n) is 6.94. The predicted octanol–water partition coefficient (Wildman–Crippen LogP) is 2.84. The van der Waals surface area contributed by atoms with E-state index in [-0.39, 0.29) is 18.5 Å². The molecule has 0 bridgehead atoms. The quantitative estimate of drug-likeness (QED) is 0.804. The Morgan fingerprint density at radius 1 is 1.14 bits per heavy atom. The molecule has 1 fully saturated rings. The molecule has 0 unspecified atom stereocenters. The van der Waals surface area contributed by atoms with Gasteiger partial charge in [0.1, 0.15) is 0 Å². The van der Waals surface area contributed by atoms with Gasteiger partial charge in [0.15, 0.2) is 16.6 Å². The number of nitrogens with zero attached hydrogens (tertiary/aromatic N) is 2. The molecule has 2 aliphatic rings. The zero-order valence-electron chi connectivity index (χ0n) is 16.0. The molecule has 7 heteroatoms. The number of amides is 1. The van der Waals surface area contributed by atoms with Gasteiger partial charge in [0, 0.05) is 18.8 Å². The molecule has 4 rings (SSSR count). The summed E-state index contributed by atoms with van der Waals surface area (Å²) in [6.07, 6.45) is 0.810. The first-order valence-corrected chi connectivity index (χ1v) is 9.66. The van der Waals surface area contributed by atoms with Crippen molar-refractivity contribution in [1.82, 2.24) is 9.80 Å². The van der Waals surface area contributed by atoms with Crippen molar-refractivity contribution in [2.45, 2.75) is 12.5 Å². The van der Waals surface area contributed by atoms with Crippen LogP contribution in [0.1, 0.15) is 17.2 Å². The standard InChI is InChI=1S/C21H23N3O3S/c1-26-18-10-14-8-9-24-17(16(14)11-19(18)27-2)12-23(13-20(24)25)21(28)22-15-6-4-3-5-7-15/h3-7,10-11,17H,8-9,12-13H2,1-2H3,(H,22,28)/t17-/m1/s1. The van der Waals surface area contributed by atoms with Crippen molar-refractivity contribution >= 4 is 28.9 Å². The van der Waals surface area contributed by atoms with E-state index in [1.165, 1.54) is 5.56 Å². The molecule has 0 aliphatic carbocycles. The molecule has 0 spiro atoms. The number of rotatable bonds is 3. The van der Waals surface area contributed by atoms with Gasteiger partial charge in [-0.3, -0.25) is 4.79 Å². The fraction of sp³-hybridized carbons (Fsp3) is 0.333. The van der Waals surface area contributed by atoms with Gasteiger partial charge >= 0.3 is 0 Å². The normalized spacial score (nSPS) is 18.2. The third-order valence-corrected chi connectivity index (χ3v) is 5.71. The molecular weight excluding hydrogens is 374 g/mol. The number of carbonyl (C=O) groups is 1. The minimum atomic E-state index is -0.0553. The van der Waals surface area contributed by atoms with Crippen LogP contribution in [0.4, 0.5) is 5.69 Å². The van der Waals surface area contributed by atoms with Gasteiger partial charge in [-0.1, -0.05) is 18.2 Å². The van der Waals surface area contributed by atoms with Crippen LogP contribution in [0.3, 0.4) is 0 Å². The molecule has 1 atom stereocenters. The third kappa shape index (κ3) is 3.38. The van der Waals surface area contributed by atoms with Crippen molar-refractivity contribution in [3.05, 3.63) is 53.6 Å². The van der Waals surface area contributed by atoms with Gasteiger partial charge in [-0.2, -0.15) is 0 Å². The first-order chi connectivity index (χ1) is 13.6. The highest BCUT2D eigenvalue weighted by Crippen LogP contribution is 2.39. The number of thiocarbonyl (C=S) groups is 1. The molecule has 28 heavy (non-hydrogen) atoms. The Morgan fingerprint density at radius 3 is 2.57 bits per heavy atom. The third-order valence-electron chi connectivity index (χ3n) is 5.35. The Hall–Kier alpha value is -2.80. The fourth-order valence-electron chi connectivity index (χ4n) is 3.93. The number of benzene rings is 2. The van der Waals surface area contributed by atoms with Crippen LogP contribution in [0.25, 0.3) is 0 Å². The van der Waals surface area contributed by atoms with E-state index in [0.717, 1.165) is 23.4 Å². The molecule has 1 saturated heterocycles. The molecule has 2 heterocycles. The number of nitrogens with one attached hydrogen (secondary N) is 1. The highest BCUT2D eigenvalue weighted by Gasteiger charge is 2.38. The summed E-state index contributed by atoms with van der Waals surface area (Å²) < 4.78 is 10.9. The summed E-state index contributed by atoms with van der Waals surface area (Å²) in [6, 6.07) is 13.7. The first-order valence-electron chi connectivity index (χ1n) is 9.26. The lowest BCUT2D eigenvalue weighted by Gasteiger charge is -2.45. The molecule has 146 valence electrons. The van der Waals surface area contributed by atoms with Gasteiger partial charge in [-0.05, 0) is 54.0 Å². The smallest absolute Gasteiger partial charge is 0.242 e. The molecule has 1 N–H and O–H groups in total. The molecule has 2 aromatic rings. The lowest BCUT2D eigenvalue weighted by molar-refractivity contribution is -0.138. The van der Waals surface area contributed by atoms with Crippen molar-refractivity contribution in [3.8, 4) is 11.5 Å². The molecule has 0 radical (unpaired) electrons. The summed E-state index contributed by atoms with van der Waals surface area (Å²) >= 11 is 5.59. The Labute approximate surface area is 170 Å². The summed E-state index contributed by atoms with van der Waals surface area (Å²) in [4.78, 5) is 16.7. The second-order valence-corrected chi connectivity index (χ2v) is 7.32. The van der Waals surface area contributed by atoms with Crippen LogP contribution in [0.2, 0.25) is 0 Å². The number of fused-ring (bicyclic) bond motifs is 3. The summed E-state index contributed by atoms with van der Waals surface area (Å²) in [6.45, 7) is 1.64. The minimum absolute atomic E-state index is 0.0553. The molecular formula is C21H23N3O3S. The van der Waals surface area contributed by atoms with Crippen molar-refractivity contribution in [2.24, 2.45) is 0 Å². The van der Waals surface area contributed by atoms with Crippen LogP contribution in [0.15, 0.2) is 42.5 Å². The number of piperazine rings is 1. The molecule has 2 aromatic carbocycles. The molecule has 0 aromatic heterocycles. The number of anilines is 1. The minimum Gasteiger partial charge on any atom is -0.493 e. The van der Waals surface area contributed by atoms with Gasteiger partial charge in [-0.25, -0.2) is 0 Å². The molecule has 0 saturated carbocycles. The number of methoxy groups -OCH3 is 2. The Morgan fingerprint density at radius 2 is 1.86 bits per heavy atom. The zero-order chi connectivity index (χ0) is 19.7. The predicted molar refractivity (Wildman–Crippen MR) is 112 cm³/mol. The van der Waals surface area contributed by atoms with E-state index in [1.54, 1.807) is 14.2 Å². The van der Waals surface area contributed by atoms with E-state index in [4.69, 9.17) is 21.7 Å². The molecule has 6 nitrogen and oxygen atoms in total. The summed E-state index contributed by atoms with van der Waals surface area (Å²) in [7, 11) is 3.26. The Kier molecular flexibility index (Phi) is 5.09. The van der Waals surface area contributed by atoms with Crippen molar-refractivity contribution in [2.75, 3.05) is 39.2 Å². The van der Waals surface area contributed by atoms with Crippen LogP contribution < -0.4 is 14.8 Å². The van der Waals surface area contributed by atoms with E-state index in [2.05, 4.69) is 5.32 Å². The average molecular weight is 398 g/mol. The van der Waals surface area contributed by atoms with Gasteiger partial charge < -0.3 is 24.6 Å². The highest BCUT2D eigenvalue weighted by molar-refractivity contribution is 7.80. The largest absolute Gasteiger partial charge is 0.493 e. The van der Waals surface area contributed by atoms with E-state index < -0.39 is 0 Å². The van der Waals surface area contributed by atoms with Crippen molar-refractivity contribution < 1.29 is 14.3 Å². The lowest BCUT2D eigenvalue weighted by atomic mass is 9.90. The van der Waals surface area contributed by atoms with Crippen LogP contribution in [0.5, 0.6) is 11.5 Å². The van der Waals surface area contributed by atoms with E-state index in [1.807, 2.05) is 52.3 Å². The average Bonchev–Trinajstić information content (AvgIpc) is 2.73. The summed E-state index contributed by atoms with van der Waals surface area (Å²) in [5.41, 5.74) is 3.21. The topological polar surface area (TPSA) is 54.0 Å². The van der Waals surface area contributed by atoms with E-state index in [9.17, 15) is 4.79 Å². The van der Waals surface area contributed by atoms with E-state index in [0.29, 0.717) is 24.0 Å². The number of carbonyl (C=O) groups excluding carboxylic acids is 1. The van der Waals surface area contributed by atoms with Gasteiger partial charge in [-0.15, -0.1) is 0 Å². The van der Waals surface area contributed by atoms with E-state index >= 15 is 0 Å². The van der Waals surface area contributed by atoms with Crippen molar-refractivity contribution in [3.63, 3.8) is 0 Å². The number of ether oxygens (including phenoxy) is 2. The monoisotopic (exact) mass is 397 g/mol. The molecule has 1 amide bonds. The second kappa shape index (κ2) is 7.67. The molecule has 2 aliphatic heterocycles. The maximum absolute atomic E-state index is 12.8. The highest BCUT2D eigenvalue weighted by atomic mass is 32.1. The van der Waals surface area contributed by atoms with Crippen LogP contribution in [-0.2, 0) is 11.2 Å². The van der Waals surface area contributed by atoms with Gasteiger partial charge in [0.25, 0.3) is 0 Å². The number of para-hydroxylation sites is 1. The van der Waals surface area contributed by atoms with Gasteiger partial charge in [0.05, 0.1) is 26.8 Å². The van der Waals surface area contributed by atoms with Crippen LogP contribution >= 0.6 is 12.2 Å². The maximum Gasteiger partial charge on any atom is 0.242 e. The first kappa shape index (κ1) is 18.6. The summed E-state index contributed by atoms with van der Waals surface area (Å²) in [5.74, 6) is 1.49. The fourth-order valence-corrected chi connectivity index (χ4v) is 4.19. The van der Waals surface area contributed by atoms with Crippen LogP contribution in [-0.4, -0.2) is 54.7 Å². The summed E-state index contributed by atoms with van der Waals surface area (Å²) in [5, 5.41) is 3.80. The maximum atomic E-state index is 12.8. The lowest BCUT2D eigenvalue weighted by Crippen LogP contribution is -2.56. The Balaban J connectivity index is 1.61.